The normalized spacial score (nSPS) is 10.8. The summed E-state index contributed by atoms with van der Waals surface area (Å²) in [6, 6.07) is 64.7. The summed E-state index contributed by atoms with van der Waals surface area (Å²) in [5.74, 6) is 0. The molecule has 0 N–H and O–H groups in total. The van der Waals surface area contributed by atoms with Gasteiger partial charge in [0.25, 0.3) is 0 Å². The van der Waals surface area contributed by atoms with Gasteiger partial charge in [0.2, 0.25) is 0 Å². The standard InChI is InChI=1S/2C18H15P.3CH3F4NP2.2Ni/c2*1-4-10-16(11-5-1)19(17-12-6-2-7-13-17)18-14-8-3-9-15-18;3*1-6(7(2)3)8(4)5;;/h2*1-15H;3*1H3;;. The number of benzene rings is 6. The van der Waals surface area contributed by atoms with E-state index in [9.17, 15) is 50.4 Å². The summed E-state index contributed by atoms with van der Waals surface area (Å²) in [6.45, 7) is 0. The van der Waals surface area contributed by atoms with Gasteiger partial charge in [0, 0.05) is 54.1 Å². The summed E-state index contributed by atoms with van der Waals surface area (Å²) in [5.41, 5.74) is 0. The third-order valence-electron chi connectivity index (χ3n) is 7.40. The molecule has 0 saturated heterocycles. The van der Waals surface area contributed by atoms with Gasteiger partial charge in [-0.25, -0.2) is 0 Å². The molecular formula is C39H39F12N3Ni2P8. The molecule has 0 atom stereocenters. The third-order valence-corrected chi connectivity index (χ3v) is 17.3. The second kappa shape index (κ2) is 35.9. The molecule has 0 aliphatic carbocycles. The first-order valence-corrected chi connectivity index (χ1v) is 26.5. The van der Waals surface area contributed by atoms with E-state index in [1.54, 1.807) is 0 Å². The Morgan fingerprint density at radius 2 is 0.344 bits per heavy atom. The van der Waals surface area contributed by atoms with Gasteiger partial charge in [0.15, 0.2) is 0 Å². The molecule has 0 fully saturated rings. The van der Waals surface area contributed by atoms with E-state index < -0.39 is 68.0 Å². The van der Waals surface area contributed by atoms with Crippen molar-refractivity contribution >= 4 is 99.8 Å². The maximum absolute atomic E-state index is 11.2. The zero-order valence-corrected chi connectivity index (χ0v) is 42.5. The Kier molecular flexibility index (Phi) is 35.2. The number of hydrogen-bond donors (Lipinski definition) is 0. The minimum absolute atomic E-state index is 0. The summed E-state index contributed by atoms with van der Waals surface area (Å²) in [5, 5.41) is 8.39. The van der Waals surface area contributed by atoms with Crippen LogP contribution in [0.5, 0.6) is 0 Å². The Hall–Kier alpha value is -1.21. The predicted octanol–water partition coefficient (Wildman–Crippen LogP) is 16.6. The molecule has 0 bridgehead atoms. The first kappa shape index (κ1) is 62.8. The van der Waals surface area contributed by atoms with Crippen LogP contribution in [0.25, 0.3) is 0 Å². The van der Waals surface area contributed by atoms with Crippen molar-refractivity contribution in [2.75, 3.05) is 21.1 Å². The minimum Gasteiger partial charge on any atom is -0.169 e. The first-order valence-electron chi connectivity index (χ1n) is 17.4. The van der Waals surface area contributed by atoms with E-state index in [0.29, 0.717) is 21.1 Å². The van der Waals surface area contributed by atoms with Crippen LogP contribution in [0.4, 0.5) is 50.4 Å². The van der Waals surface area contributed by atoms with Gasteiger partial charge in [0.05, 0.1) is 0 Å². The van der Waals surface area contributed by atoms with Crippen LogP contribution < -0.4 is 31.8 Å². The molecule has 0 spiro atoms. The molecule has 0 heterocycles. The molecule has 64 heavy (non-hydrogen) atoms. The van der Waals surface area contributed by atoms with Crippen LogP contribution in [0.1, 0.15) is 0 Å². The van der Waals surface area contributed by atoms with Crippen molar-refractivity contribution in [1.29, 1.82) is 0 Å². The molecule has 0 aliphatic heterocycles. The second-order valence-corrected chi connectivity index (χ2v) is 23.0. The van der Waals surface area contributed by atoms with Crippen molar-refractivity contribution in [2.45, 2.75) is 0 Å². The average Bonchev–Trinajstić information content (AvgIpc) is 3.28. The summed E-state index contributed by atoms with van der Waals surface area (Å²) in [4.78, 5) is 0. The van der Waals surface area contributed by atoms with Crippen LogP contribution in [0, 0.1) is 0 Å². The number of nitrogens with zero attached hydrogens (tertiary/aromatic N) is 3. The smallest absolute Gasteiger partial charge is 0.169 e. The van der Waals surface area contributed by atoms with Crippen molar-refractivity contribution in [3.05, 3.63) is 182 Å². The third kappa shape index (κ3) is 24.2. The summed E-state index contributed by atoms with van der Waals surface area (Å²) >= 11 is 0. The minimum atomic E-state index is -3.59. The fourth-order valence-corrected chi connectivity index (χ4v) is 10.3. The summed E-state index contributed by atoms with van der Waals surface area (Å²) in [7, 11) is -20.3. The van der Waals surface area contributed by atoms with Gasteiger partial charge in [-0.2, -0.15) is 63.7 Å². The Balaban J connectivity index is 0.000000824. The van der Waals surface area contributed by atoms with Crippen molar-refractivity contribution in [2.24, 2.45) is 0 Å². The molecule has 6 aromatic rings. The van der Waals surface area contributed by atoms with Crippen molar-refractivity contribution in [3.8, 4) is 0 Å². The maximum atomic E-state index is 11.2. The molecule has 25 heteroatoms. The molecule has 0 aliphatic rings. The van der Waals surface area contributed by atoms with E-state index in [0.717, 1.165) is 0 Å². The SMILES string of the molecule is CN(P(F)F)P(F)F.CN(P(F)F)P(F)F.CN(P(F)F)P(F)F.[Ni].[Ni].c1ccc(P(c2ccccc2)c2ccccc2)cc1.c1ccc(P(c2ccccc2)c2ccccc2)cc1. The Labute approximate surface area is 397 Å². The number of halogens is 12. The molecule has 6 rings (SSSR count). The van der Waals surface area contributed by atoms with Crippen molar-refractivity contribution in [1.82, 2.24) is 13.3 Å². The molecule has 0 saturated carbocycles. The van der Waals surface area contributed by atoms with E-state index in [2.05, 4.69) is 182 Å². The van der Waals surface area contributed by atoms with Crippen LogP contribution in [-0.4, -0.2) is 34.5 Å². The van der Waals surface area contributed by atoms with Gasteiger partial charge in [-0.05, 0) is 47.7 Å². The molecule has 3 nitrogen and oxygen atoms in total. The molecule has 0 aromatic heterocycles. The monoisotopic (exact) mass is 1140 g/mol. The van der Waals surface area contributed by atoms with Gasteiger partial charge in [-0.3, -0.25) is 0 Å². The van der Waals surface area contributed by atoms with Crippen LogP contribution >= 0.6 is 68.0 Å². The fraction of sp³-hybridized carbons (Fsp3) is 0.0769. The van der Waals surface area contributed by atoms with Crippen LogP contribution in [-0.2, 0) is 33.0 Å². The van der Waals surface area contributed by atoms with Gasteiger partial charge in [-0.15, -0.1) is 0 Å². The summed E-state index contributed by atoms with van der Waals surface area (Å²) < 4.78 is 134. The topological polar surface area (TPSA) is 9.72 Å². The van der Waals surface area contributed by atoms with E-state index in [1.807, 2.05) is 0 Å². The molecular weight excluding hydrogens is 1100 g/mol. The molecule has 0 unspecified atom stereocenters. The van der Waals surface area contributed by atoms with E-state index in [-0.39, 0.29) is 46.3 Å². The molecule has 6 aromatic carbocycles. The first-order chi connectivity index (χ1) is 29.6. The van der Waals surface area contributed by atoms with Gasteiger partial charge in [-0.1, -0.05) is 182 Å². The zero-order valence-electron chi connectivity index (χ0n) is 33.4. The van der Waals surface area contributed by atoms with Crippen LogP contribution in [0.15, 0.2) is 182 Å². The molecule has 354 valence electrons. The van der Waals surface area contributed by atoms with Crippen LogP contribution in [0.3, 0.4) is 0 Å². The van der Waals surface area contributed by atoms with Gasteiger partial charge >= 0.3 is 52.2 Å². The van der Waals surface area contributed by atoms with Crippen LogP contribution in [0.2, 0.25) is 0 Å². The maximum Gasteiger partial charge on any atom is 0.352 e. The second-order valence-electron chi connectivity index (χ2n) is 11.4. The van der Waals surface area contributed by atoms with E-state index in [4.69, 9.17) is 0 Å². The van der Waals surface area contributed by atoms with Gasteiger partial charge < -0.3 is 0 Å². The summed E-state index contributed by atoms with van der Waals surface area (Å²) in [6.07, 6.45) is 0. The number of hydrogen-bond acceptors (Lipinski definition) is 3. The fourth-order valence-electron chi connectivity index (χ4n) is 4.51. The molecule has 0 radical (unpaired) electrons. The quantitative estimate of drug-likeness (QED) is 0.0687. The van der Waals surface area contributed by atoms with Crippen molar-refractivity contribution < 1.29 is 83.3 Å². The number of rotatable bonds is 12. The van der Waals surface area contributed by atoms with Crippen molar-refractivity contribution in [3.63, 3.8) is 0 Å². The Bertz CT molecular complexity index is 1640. The zero-order chi connectivity index (χ0) is 46.0. The van der Waals surface area contributed by atoms with Gasteiger partial charge in [0.1, 0.15) is 0 Å². The Morgan fingerprint density at radius 3 is 0.422 bits per heavy atom. The predicted molar refractivity (Wildman–Crippen MR) is 248 cm³/mol. The average molecular weight is 1140 g/mol. The molecule has 0 amide bonds. The van der Waals surface area contributed by atoms with E-state index >= 15 is 0 Å². The van der Waals surface area contributed by atoms with E-state index in [1.165, 1.54) is 31.8 Å². The largest absolute Gasteiger partial charge is 0.352 e. The Morgan fingerprint density at radius 1 is 0.234 bits per heavy atom.